The number of nitrogens with one attached hydrogen (secondary N) is 2. The number of hydrogen-bond acceptors (Lipinski definition) is 4. The summed E-state index contributed by atoms with van der Waals surface area (Å²) in [5.41, 5.74) is 3.11. The Morgan fingerprint density at radius 3 is 2.39 bits per heavy atom. The van der Waals surface area contributed by atoms with E-state index in [0.29, 0.717) is 19.5 Å². The number of hydrogen-bond donors (Lipinski definition) is 2. The monoisotopic (exact) mass is 494 g/mol. The van der Waals surface area contributed by atoms with Gasteiger partial charge in [0.2, 0.25) is 5.91 Å². The number of nitrogens with zero attached hydrogens (tertiary/aromatic N) is 2. The zero-order chi connectivity index (χ0) is 25.1. The van der Waals surface area contributed by atoms with E-state index in [1.54, 1.807) is 18.5 Å². The van der Waals surface area contributed by atoms with Crippen LogP contribution in [0.2, 0.25) is 0 Å². The van der Waals surface area contributed by atoms with Gasteiger partial charge in [-0.25, -0.2) is 0 Å². The van der Waals surface area contributed by atoms with Gasteiger partial charge in [0.1, 0.15) is 0 Å². The molecule has 1 fully saturated rings. The number of halogens is 3. The Hall–Kier alpha value is -3.23. The van der Waals surface area contributed by atoms with Crippen molar-refractivity contribution in [3.63, 3.8) is 0 Å². The molecule has 2 atom stereocenters. The predicted molar refractivity (Wildman–Crippen MR) is 131 cm³/mol. The molecule has 1 saturated heterocycles. The first-order valence-electron chi connectivity index (χ1n) is 12.3. The predicted octanol–water partition coefficient (Wildman–Crippen LogP) is 4.12. The number of likely N-dealkylation sites (tertiary alicyclic amines) is 1. The van der Waals surface area contributed by atoms with E-state index in [1.807, 2.05) is 24.3 Å². The molecule has 5 rings (SSSR count). The van der Waals surface area contributed by atoms with Crippen molar-refractivity contribution in [1.82, 2.24) is 20.5 Å². The van der Waals surface area contributed by atoms with Gasteiger partial charge in [-0.15, -0.1) is 0 Å². The lowest BCUT2D eigenvalue weighted by Crippen LogP contribution is -2.48. The summed E-state index contributed by atoms with van der Waals surface area (Å²) >= 11 is 0. The average molecular weight is 495 g/mol. The fourth-order valence-corrected chi connectivity index (χ4v) is 5.46. The third-order valence-electron chi connectivity index (χ3n) is 7.23. The van der Waals surface area contributed by atoms with E-state index in [9.17, 15) is 18.0 Å². The Morgan fingerprint density at radius 2 is 1.69 bits per heavy atom. The fraction of sp³-hybridized carbons (Fsp3) is 0.357. The van der Waals surface area contributed by atoms with Gasteiger partial charge >= 0.3 is 6.18 Å². The van der Waals surface area contributed by atoms with Gasteiger partial charge in [-0.05, 0) is 53.6 Å². The van der Waals surface area contributed by atoms with E-state index in [-0.39, 0.29) is 36.1 Å². The van der Waals surface area contributed by atoms with Crippen LogP contribution in [0.1, 0.15) is 34.2 Å². The van der Waals surface area contributed by atoms with Crippen LogP contribution in [0.25, 0.3) is 0 Å². The normalized spacial score (nSPS) is 20.4. The zero-order valence-corrected chi connectivity index (χ0v) is 19.8. The molecular formula is C28H29F3N4O. The molecule has 1 aliphatic heterocycles. The molecule has 2 aliphatic rings. The zero-order valence-electron chi connectivity index (χ0n) is 19.8. The highest BCUT2D eigenvalue weighted by Crippen LogP contribution is 2.33. The molecule has 1 aliphatic carbocycles. The summed E-state index contributed by atoms with van der Waals surface area (Å²) < 4.78 is 40.3. The van der Waals surface area contributed by atoms with Crippen LogP contribution in [0.5, 0.6) is 0 Å². The number of carbonyl (C=O) groups excluding carboxylic acids is 1. The minimum atomic E-state index is -4.40. The molecular weight excluding hydrogens is 465 g/mol. The van der Waals surface area contributed by atoms with Crippen LogP contribution in [-0.4, -0.2) is 40.5 Å². The number of carbonyl (C=O) groups is 1. The van der Waals surface area contributed by atoms with Gasteiger partial charge in [-0.2, -0.15) is 13.2 Å². The summed E-state index contributed by atoms with van der Waals surface area (Å²) in [5, 5.41) is 6.35. The van der Waals surface area contributed by atoms with Gasteiger partial charge < -0.3 is 10.6 Å². The molecule has 0 radical (unpaired) electrons. The Balaban J connectivity index is 1.29. The molecule has 0 saturated carbocycles. The summed E-state index contributed by atoms with van der Waals surface area (Å²) in [4.78, 5) is 19.7. The van der Waals surface area contributed by atoms with Gasteiger partial charge in [0, 0.05) is 44.1 Å². The average Bonchev–Trinajstić information content (AvgIpc) is 3.50. The molecule has 0 spiro atoms. The maximum Gasteiger partial charge on any atom is 0.416 e. The topological polar surface area (TPSA) is 57.3 Å². The number of fused-ring (bicyclic) bond motifs is 1. The summed E-state index contributed by atoms with van der Waals surface area (Å²) in [6.45, 7) is 1.10. The van der Waals surface area contributed by atoms with Crippen molar-refractivity contribution in [3.05, 3.63) is 101 Å². The van der Waals surface area contributed by atoms with Crippen molar-refractivity contribution in [2.75, 3.05) is 6.54 Å². The van der Waals surface area contributed by atoms with E-state index >= 15 is 0 Å². The van der Waals surface area contributed by atoms with Crippen LogP contribution in [0.4, 0.5) is 13.2 Å². The number of aromatic nitrogens is 1. The molecule has 2 aromatic carbocycles. The van der Waals surface area contributed by atoms with Crippen molar-refractivity contribution < 1.29 is 18.0 Å². The van der Waals surface area contributed by atoms with Gasteiger partial charge in [0.05, 0.1) is 11.6 Å². The number of rotatable bonds is 7. The van der Waals surface area contributed by atoms with Crippen LogP contribution in [-0.2, 0) is 36.9 Å². The Morgan fingerprint density at radius 1 is 0.972 bits per heavy atom. The molecule has 1 aromatic heterocycles. The lowest BCUT2D eigenvalue weighted by atomic mass is 10.1. The second-order valence-electron chi connectivity index (χ2n) is 9.59. The van der Waals surface area contributed by atoms with Gasteiger partial charge in [0.15, 0.2) is 0 Å². The molecule has 8 heteroatoms. The lowest BCUT2D eigenvalue weighted by molar-refractivity contribution is -0.138. The summed E-state index contributed by atoms with van der Waals surface area (Å²) in [7, 11) is 0. The van der Waals surface area contributed by atoms with Gasteiger partial charge in [-0.1, -0.05) is 48.5 Å². The van der Waals surface area contributed by atoms with Gasteiger partial charge in [-0.3, -0.25) is 14.7 Å². The molecule has 3 aromatic rings. The standard InChI is InChI=1S/C28H29F3N4O/c29-28(30,31)25-10-4-3-9-22(25)17-33-23-14-26(27(36)34-16-19-6-5-11-32-15-19)35(18-23)24-12-20-7-1-2-8-21(20)13-24/h1-11,15,23-24,26,33H,12-14,16-18H2,(H,34,36)/t23-,26-/m0/s1. The van der Waals surface area contributed by atoms with Crippen molar-refractivity contribution in [2.45, 2.75) is 56.7 Å². The summed E-state index contributed by atoms with van der Waals surface area (Å²) in [6.07, 6.45) is 1.29. The van der Waals surface area contributed by atoms with E-state index in [2.05, 4.69) is 32.7 Å². The number of benzene rings is 2. The molecule has 2 N–H and O–H groups in total. The van der Waals surface area contributed by atoms with Crippen LogP contribution in [0.3, 0.4) is 0 Å². The largest absolute Gasteiger partial charge is 0.416 e. The van der Waals surface area contributed by atoms with E-state index in [0.717, 1.165) is 24.5 Å². The minimum Gasteiger partial charge on any atom is -0.351 e. The molecule has 188 valence electrons. The third kappa shape index (κ3) is 5.44. The Kier molecular flexibility index (Phi) is 7.07. The van der Waals surface area contributed by atoms with E-state index < -0.39 is 11.7 Å². The second kappa shape index (κ2) is 10.4. The van der Waals surface area contributed by atoms with Gasteiger partial charge in [0.25, 0.3) is 0 Å². The first kappa shape index (κ1) is 24.5. The van der Waals surface area contributed by atoms with Crippen LogP contribution >= 0.6 is 0 Å². The minimum absolute atomic E-state index is 0.0604. The smallest absolute Gasteiger partial charge is 0.351 e. The number of pyridine rings is 1. The molecule has 0 unspecified atom stereocenters. The van der Waals surface area contributed by atoms with Crippen molar-refractivity contribution in [3.8, 4) is 0 Å². The van der Waals surface area contributed by atoms with Crippen molar-refractivity contribution in [1.29, 1.82) is 0 Å². The van der Waals surface area contributed by atoms with E-state index in [4.69, 9.17) is 0 Å². The summed E-state index contributed by atoms with van der Waals surface area (Å²) in [5.74, 6) is -0.0604. The molecule has 0 bridgehead atoms. The highest BCUT2D eigenvalue weighted by atomic mass is 19.4. The van der Waals surface area contributed by atoms with Crippen LogP contribution < -0.4 is 10.6 Å². The Labute approximate surface area is 208 Å². The molecule has 1 amide bonds. The SMILES string of the molecule is O=C(NCc1cccnc1)[C@@H]1C[C@H](NCc2ccccc2C(F)(F)F)CN1C1Cc2ccccc2C1. The fourth-order valence-electron chi connectivity index (χ4n) is 5.46. The first-order valence-corrected chi connectivity index (χ1v) is 12.3. The van der Waals surface area contributed by atoms with Crippen LogP contribution in [0, 0.1) is 0 Å². The van der Waals surface area contributed by atoms with Crippen LogP contribution in [0.15, 0.2) is 73.1 Å². The second-order valence-corrected chi connectivity index (χ2v) is 9.59. The van der Waals surface area contributed by atoms with Crippen molar-refractivity contribution in [2.24, 2.45) is 0 Å². The third-order valence-corrected chi connectivity index (χ3v) is 7.23. The number of alkyl halides is 3. The quantitative estimate of drug-likeness (QED) is 0.519. The molecule has 2 heterocycles. The molecule has 5 nitrogen and oxygen atoms in total. The Bertz CT molecular complexity index is 1180. The maximum atomic E-state index is 13.4. The highest BCUT2D eigenvalue weighted by Gasteiger charge is 2.42. The number of amides is 1. The molecule has 36 heavy (non-hydrogen) atoms. The van der Waals surface area contributed by atoms with E-state index in [1.165, 1.54) is 23.3 Å². The summed E-state index contributed by atoms with van der Waals surface area (Å²) in [6, 6.07) is 17.5. The highest BCUT2D eigenvalue weighted by molar-refractivity contribution is 5.82. The first-order chi connectivity index (χ1) is 17.4. The van der Waals surface area contributed by atoms with Crippen molar-refractivity contribution >= 4 is 5.91 Å². The maximum absolute atomic E-state index is 13.4. The lowest BCUT2D eigenvalue weighted by Gasteiger charge is -2.29.